The monoisotopic (exact) mass is 389 g/mol. The van der Waals surface area contributed by atoms with Crippen molar-refractivity contribution >= 4 is 21.5 Å². The minimum atomic E-state index is 0.310. The first kappa shape index (κ1) is 15.9. The molecule has 0 fully saturated rings. The average molecular weight is 390 g/mol. The molecule has 0 saturated carbocycles. The van der Waals surface area contributed by atoms with Crippen LogP contribution in [0, 0.1) is 0 Å². The topological polar surface area (TPSA) is 38.7 Å². The first-order valence-electron chi connectivity index (χ1n) is 8.19. The molecule has 2 aromatic carbocycles. The van der Waals surface area contributed by atoms with E-state index in [1.165, 1.54) is 0 Å². The summed E-state index contributed by atoms with van der Waals surface area (Å²) >= 11 is 3.65. The number of aromatic nitrogens is 3. The molecule has 1 heterocycles. The summed E-state index contributed by atoms with van der Waals surface area (Å²) in [5, 5.41) is 0. The standard InChI is InChI=1S/C21H16BrN3/c22-18-13-7-12-17(14-18)21-24-19(15-8-3-1-4-9-15)23-20(25-21)16-10-5-2-6-11-16/h1-12,14,18H,13H2. The summed E-state index contributed by atoms with van der Waals surface area (Å²) in [6.45, 7) is 0. The van der Waals surface area contributed by atoms with Gasteiger partial charge >= 0.3 is 0 Å². The Kier molecular flexibility index (Phi) is 4.53. The van der Waals surface area contributed by atoms with E-state index in [9.17, 15) is 0 Å². The molecule has 4 heteroatoms. The minimum absolute atomic E-state index is 0.310. The molecule has 1 aliphatic rings. The fraction of sp³-hybridized carbons (Fsp3) is 0.0952. The van der Waals surface area contributed by atoms with Crippen LogP contribution >= 0.6 is 15.9 Å². The van der Waals surface area contributed by atoms with Gasteiger partial charge in [0, 0.05) is 21.5 Å². The first-order chi connectivity index (χ1) is 12.3. The van der Waals surface area contributed by atoms with Crippen molar-refractivity contribution in [2.45, 2.75) is 11.2 Å². The van der Waals surface area contributed by atoms with Crippen molar-refractivity contribution in [3.05, 3.63) is 84.7 Å². The van der Waals surface area contributed by atoms with Gasteiger partial charge in [-0.1, -0.05) is 94.8 Å². The molecule has 1 aliphatic carbocycles. The maximum absolute atomic E-state index is 4.72. The third-order valence-corrected chi connectivity index (χ3v) is 4.61. The van der Waals surface area contributed by atoms with E-state index >= 15 is 0 Å². The van der Waals surface area contributed by atoms with Crippen LogP contribution in [0.25, 0.3) is 28.3 Å². The summed E-state index contributed by atoms with van der Waals surface area (Å²) in [6, 6.07) is 20.0. The van der Waals surface area contributed by atoms with Gasteiger partial charge in [0.15, 0.2) is 17.5 Å². The van der Waals surface area contributed by atoms with E-state index in [0.717, 1.165) is 23.1 Å². The molecule has 0 aliphatic heterocycles. The largest absolute Gasteiger partial charge is 0.208 e. The van der Waals surface area contributed by atoms with Gasteiger partial charge in [0.25, 0.3) is 0 Å². The molecule has 0 saturated heterocycles. The summed E-state index contributed by atoms with van der Waals surface area (Å²) in [4.78, 5) is 14.5. The molecular weight excluding hydrogens is 374 g/mol. The van der Waals surface area contributed by atoms with Crippen molar-refractivity contribution in [3.63, 3.8) is 0 Å². The lowest BCUT2D eigenvalue weighted by Crippen LogP contribution is -2.05. The zero-order valence-corrected chi connectivity index (χ0v) is 15.1. The Morgan fingerprint density at radius 2 is 1.24 bits per heavy atom. The average Bonchev–Trinajstić information content (AvgIpc) is 2.69. The van der Waals surface area contributed by atoms with Crippen molar-refractivity contribution in [3.8, 4) is 22.8 Å². The van der Waals surface area contributed by atoms with Crippen molar-refractivity contribution in [2.75, 3.05) is 0 Å². The number of rotatable bonds is 3. The van der Waals surface area contributed by atoms with Crippen LogP contribution < -0.4 is 0 Å². The Balaban J connectivity index is 1.88. The lowest BCUT2D eigenvalue weighted by Gasteiger charge is -2.12. The zero-order chi connectivity index (χ0) is 17.1. The molecule has 25 heavy (non-hydrogen) atoms. The molecule has 0 amide bonds. The van der Waals surface area contributed by atoms with Crippen molar-refractivity contribution in [1.29, 1.82) is 0 Å². The Morgan fingerprint density at radius 3 is 1.76 bits per heavy atom. The molecule has 1 unspecified atom stereocenters. The second-order valence-corrected chi connectivity index (χ2v) is 6.99. The summed E-state index contributed by atoms with van der Waals surface area (Å²) in [7, 11) is 0. The van der Waals surface area contributed by atoms with Crippen molar-refractivity contribution < 1.29 is 0 Å². The maximum atomic E-state index is 4.72. The first-order valence-corrected chi connectivity index (χ1v) is 9.11. The van der Waals surface area contributed by atoms with Gasteiger partial charge in [-0.2, -0.15) is 0 Å². The van der Waals surface area contributed by atoms with Gasteiger partial charge in [-0.15, -0.1) is 0 Å². The normalized spacial score (nSPS) is 16.5. The van der Waals surface area contributed by atoms with Gasteiger partial charge in [0.05, 0.1) is 0 Å². The molecule has 0 spiro atoms. The van der Waals surface area contributed by atoms with Gasteiger partial charge in [0.2, 0.25) is 0 Å². The van der Waals surface area contributed by atoms with Gasteiger partial charge in [0.1, 0.15) is 0 Å². The highest BCUT2D eigenvalue weighted by Gasteiger charge is 2.14. The van der Waals surface area contributed by atoms with E-state index in [4.69, 9.17) is 15.0 Å². The molecule has 3 nitrogen and oxygen atoms in total. The SMILES string of the molecule is BrC1C=C(c2nc(-c3ccccc3)nc(-c3ccccc3)n2)C=CC1. The van der Waals surface area contributed by atoms with Crippen LogP contribution in [0.3, 0.4) is 0 Å². The lowest BCUT2D eigenvalue weighted by atomic mass is 10.1. The molecule has 122 valence electrons. The second-order valence-electron chi connectivity index (χ2n) is 5.81. The Labute approximate surface area is 155 Å². The van der Waals surface area contributed by atoms with Gasteiger partial charge in [-0.3, -0.25) is 0 Å². The number of halogens is 1. The van der Waals surface area contributed by atoms with E-state index in [0.29, 0.717) is 22.3 Å². The van der Waals surface area contributed by atoms with Crippen LogP contribution in [0.4, 0.5) is 0 Å². The number of allylic oxidation sites excluding steroid dienone is 4. The van der Waals surface area contributed by atoms with E-state index < -0.39 is 0 Å². The van der Waals surface area contributed by atoms with Crippen LogP contribution in [0.5, 0.6) is 0 Å². The van der Waals surface area contributed by atoms with Crippen LogP contribution in [0.1, 0.15) is 12.2 Å². The third-order valence-electron chi connectivity index (χ3n) is 3.98. The molecule has 4 rings (SSSR count). The van der Waals surface area contributed by atoms with E-state index in [1.807, 2.05) is 60.7 Å². The Hall–Kier alpha value is -2.59. The van der Waals surface area contributed by atoms with Gasteiger partial charge in [-0.25, -0.2) is 15.0 Å². The summed E-state index contributed by atoms with van der Waals surface area (Å²) in [6.07, 6.45) is 7.35. The number of hydrogen-bond acceptors (Lipinski definition) is 3. The van der Waals surface area contributed by atoms with Crippen molar-refractivity contribution in [1.82, 2.24) is 15.0 Å². The smallest absolute Gasteiger partial charge is 0.164 e. The van der Waals surface area contributed by atoms with Gasteiger partial charge in [-0.05, 0) is 6.42 Å². The number of benzene rings is 2. The molecule has 1 atom stereocenters. The van der Waals surface area contributed by atoms with Gasteiger partial charge < -0.3 is 0 Å². The Morgan fingerprint density at radius 1 is 0.720 bits per heavy atom. The zero-order valence-electron chi connectivity index (χ0n) is 13.5. The molecule has 0 N–H and O–H groups in total. The van der Waals surface area contributed by atoms with Crippen LogP contribution in [-0.2, 0) is 0 Å². The number of nitrogens with zero attached hydrogens (tertiary/aromatic N) is 3. The quantitative estimate of drug-likeness (QED) is 0.569. The second kappa shape index (κ2) is 7.11. The highest BCUT2D eigenvalue weighted by molar-refractivity contribution is 9.09. The third kappa shape index (κ3) is 3.59. The van der Waals surface area contributed by atoms with Crippen LogP contribution in [0.15, 0.2) is 78.9 Å². The highest BCUT2D eigenvalue weighted by atomic mass is 79.9. The predicted molar refractivity (Wildman–Crippen MR) is 105 cm³/mol. The van der Waals surface area contributed by atoms with Crippen LogP contribution in [0.2, 0.25) is 0 Å². The fourth-order valence-corrected chi connectivity index (χ4v) is 3.23. The Bertz CT molecular complexity index is 876. The van der Waals surface area contributed by atoms with Crippen molar-refractivity contribution in [2.24, 2.45) is 0 Å². The number of alkyl halides is 1. The summed E-state index contributed by atoms with van der Waals surface area (Å²) in [5.74, 6) is 2.08. The van der Waals surface area contributed by atoms with E-state index in [-0.39, 0.29) is 0 Å². The summed E-state index contributed by atoms with van der Waals surface area (Å²) < 4.78 is 0. The van der Waals surface area contributed by atoms with Crippen LogP contribution in [-0.4, -0.2) is 19.8 Å². The maximum Gasteiger partial charge on any atom is 0.164 e. The molecule has 0 radical (unpaired) electrons. The lowest BCUT2D eigenvalue weighted by molar-refractivity contribution is 1.02. The molecule has 1 aromatic heterocycles. The molecule has 0 bridgehead atoms. The van der Waals surface area contributed by atoms with E-state index in [1.54, 1.807) is 0 Å². The predicted octanol–water partition coefficient (Wildman–Crippen LogP) is 5.31. The molecule has 3 aromatic rings. The van der Waals surface area contributed by atoms with E-state index in [2.05, 4.69) is 34.2 Å². The highest BCUT2D eigenvalue weighted by Crippen LogP contribution is 2.26. The minimum Gasteiger partial charge on any atom is -0.208 e. The number of hydrogen-bond donors (Lipinski definition) is 0. The summed E-state index contributed by atoms with van der Waals surface area (Å²) in [5.41, 5.74) is 2.99. The fourth-order valence-electron chi connectivity index (χ4n) is 2.73. The molecular formula is C21H16BrN3.